The summed E-state index contributed by atoms with van der Waals surface area (Å²) in [5, 5.41) is 5.72. The maximum atomic E-state index is 12.8. The summed E-state index contributed by atoms with van der Waals surface area (Å²) in [6.45, 7) is 5.48. The van der Waals surface area contributed by atoms with E-state index in [1.807, 2.05) is 26.0 Å². The van der Waals surface area contributed by atoms with Gasteiger partial charge in [0.2, 0.25) is 5.91 Å². The number of amides is 1. The zero-order valence-electron chi connectivity index (χ0n) is 16.4. The Morgan fingerprint density at radius 2 is 1.76 bits per heavy atom. The zero-order chi connectivity index (χ0) is 20.9. The number of H-pyrrole nitrogens is 2. The summed E-state index contributed by atoms with van der Waals surface area (Å²) in [7, 11) is 0. The Morgan fingerprint density at radius 1 is 1.07 bits per heavy atom. The monoisotopic (exact) mass is 394 g/mol. The molecular weight excluding hydrogens is 372 g/mol. The zero-order valence-corrected chi connectivity index (χ0v) is 16.4. The molecule has 4 N–H and O–H groups in total. The highest BCUT2D eigenvalue weighted by molar-refractivity contribution is 6.01. The Labute approximate surface area is 166 Å². The molecule has 2 heterocycles. The summed E-state index contributed by atoms with van der Waals surface area (Å²) in [4.78, 5) is 53.6. The van der Waals surface area contributed by atoms with Crippen molar-refractivity contribution < 1.29 is 9.59 Å². The molecule has 0 saturated heterocycles. The van der Waals surface area contributed by atoms with Crippen molar-refractivity contribution in [1.29, 1.82) is 0 Å². The van der Waals surface area contributed by atoms with Gasteiger partial charge in [-0.3, -0.25) is 24.4 Å². The molecule has 0 spiro atoms. The first-order chi connectivity index (χ1) is 13.6. The third-order valence-corrected chi connectivity index (χ3v) is 5.34. The van der Waals surface area contributed by atoms with Gasteiger partial charge in [-0.15, -0.1) is 0 Å². The van der Waals surface area contributed by atoms with Gasteiger partial charge in [-0.1, -0.05) is 26.0 Å². The largest absolute Gasteiger partial charge is 0.338 e. The number of carbonyl (C=O) groups excluding carboxylic acids is 2. The predicted octanol–water partition coefficient (Wildman–Crippen LogP) is 2.22. The molecule has 0 unspecified atom stereocenters. The van der Waals surface area contributed by atoms with E-state index in [1.54, 1.807) is 12.1 Å². The number of anilines is 2. The van der Waals surface area contributed by atoms with Crippen LogP contribution in [0.15, 0.2) is 45.1 Å². The van der Waals surface area contributed by atoms with Gasteiger partial charge in [0.25, 0.3) is 5.56 Å². The van der Waals surface area contributed by atoms with Gasteiger partial charge < -0.3 is 10.6 Å². The lowest BCUT2D eigenvalue weighted by molar-refractivity contribution is -0.118. The average Bonchev–Trinajstić information content (AvgIpc) is 2.60. The Morgan fingerprint density at radius 3 is 2.41 bits per heavy atom. The number of rotatable bonds is 2. The number of hydrogen-bond acceptors (Lipinski definition) is 5. The third-order valence-electron chi connectivity index (χ3n) is 5.34. The number of aromatic nitrogens is 2. The molecular formula is C21H22N4O4. The van der Waals surface area contributed by atoms with E-state index < -0.39 is 17.2 Å². The predicted molar refractivity (Wildman–Crippen MR) is 109 cm³/mol. The standard InChI is InChI=1S/C21H22N4O4/c1-10(26)22-12-6-4-11(5-7-12)15-13-8-21(2,3)9-14(27)17(13)23-18-16(15)19(28)25-20(29)24-18/h4-7,15H,8-9H2,1-3H3,(H,22,26)(H3,23,24,25,28,29)/t15-/m1/s1. The molecule has 1 atom stereocenters. The lowest BCUT2D eigenvalue weighted by atomic mass is 9.68. The topological polar surface area (TPSA) is 124 Å². The van der Waals surface area contributed by atoms with Crippen molar-refractivity contribution in [3.63, 3.8) is 0 Å². The van der Waals surface area contributed by atoms with Gasteiger partial charge >= 0.3 is 5.69 Å². The number of Topliss-reactive ketones (excluding diaryl/α,β-unsaturated/α-hetero) is 1. The molecule has 1 aliphatic heterocycles. The summed E-state index contributed by atoms with van der Waals surface area (Å²) < 4.78 is 0. The van der Waals surface area contributed by atoms with Gasteiger partial charge in [-0.05, 0) is 35.1 Å². The van der Waals surface area contributed by atoms with Gasteiger partial charge in [-0.2, -0.15) is 0 Å². The summed E-state index contributed by atoms with van der Waals surface area (Å²) in [6, 6.07) is 7.17. The van der Waals surface area contributed by atoms with Crippen molar-refractivity contribution in [3.8, 4) is 0 Å². The number of hydrogen-bond donors (Lipinski definition) is 4. The molecule has 1 amide bonds. The molecule has 0 fully saturated rings. The van der Waals surface area contributed by atoms with Gasteiger partial charge in [0.1, 0.15) is 5.82 Å². The number of aromatic amines is 2. The van der Waals surface area contributed by atoms with E-state index in [4.69, 9.17) is 0 Å². The van der Waals surface area contributed by atoms with E-state index in [0.717, 1.165) is 11.1 Å². The van der Waals surface area contributed by atoms with Crippen LogP contribution in [0.4, 0.5) is 11.5 Å². The molecule has 1 aromatic carbocycles. The van der Waals surface area contributed by atoms with Crippen LogP contribution >= 0.6 is 0 Å². The maximum absolute atomic E-state index is 12.8. The average molecular weight is 394 g/mol. The van der Waals surface area contributed by atoms with E-state index >= 15 is 0 Å². The van der Waals surface area contributed by atoms with E-state index in [9.17, 15) is 19.2 Å². The van der Waals surface area contributed by atoms with Crippen molar-refractivity contribution in [2.75, 3.05) is 10.6 Å². The molecule has 0 saturated carbocycles. The van der Waals surface area contributed by atoms with Crippen molar-refractivity contribution in [2.45, 2.75) is 39.5 Å². The highest BCUT2D eigenvalue weighted by Crippen LogP contribution is 2.48. The molecule has 0 bridgehead atoms. The van der Waals surface area contributed by atoms with Crippen molar-refractivity contribution in [3.05, 3.63) is 67.5 Å². The van der Waals surface area contributed by atoms with Crippen molar-refractivity contribution in [2.24, 2.45) is 5.41 Å². The third kappa shape index (κ3) is 3.41. The molecule has 1 aliphatic carbocycles. The molecule has 2 aromatic rings. The van der Waals surface area contributed by atoms with E-state index in [0.29, 0.717) is 29.8 Å². The second kappa shape index (κ2) is 6.58. The van der Waals surface area contributed by atoms with Crippen LogP contribution in [0, 0.1) is 5.41 Å². The highest BCUT2D eigenvalue weighted by Gasteiger charge is 2.41. The van der Waals surface area contributed by atoms with E-state index in [1.165, 1.54) is 6.92 Å². The Bertz CT molecular complexity index is 1170. The first kappa shape index (κ1) is 18.9. The molecule has 0 radical (unpaired) electrons. The fourth-order valence-electron chi connectivity index (χ4n) is 4.26. The summed E-state index contributed by atoms with van der Waals surface area (Å²) in [6.07, 6.45) is 1.02. The minimum atomic E-state index is -0.631. The van der Waals surface area contributed by atoms with Crippen LogP contribution in [0.2, 0.25) is 0 Å². The molecule has 4 rings (SSSR count). The summed E-state index contributed by atoms with van der Waals surface area (Å²) in [5.41, 5.74) is 1.75. The van der Waals surface area contributed by atoms with Crippen LogP contribution < -0.4 is 21.9 Å². The van der Waals surface area contributed by atoms with Gasteiger partial charge in [0.15, 0.2) is 5.78 Å². The van der Waals surface area contributed by atoms with Crippen molar-refractivity contribution >= 4 is 23.2 Å². The van der Waals surface area contributed by atoms with Crippen LogP contribution in [-0.2, 0) is 9.59 Å². The Hall–Kier alpha value is -3.42. The minimum absolute atomic E-state index is 0.0390. The second-order valence-electron chi connectivity index (χ2n) is 8.40. The first-order valence-corrected chi connectivity index (χ1v) is 9.42. The SMILES string of the molecule is CC(=O)Nc1ccc([C@@H]2C3=C(Nc4[nH]c(=O)[nH]c(=O)c42)C(=O)CC(C)(C)C3)cc1. The smallest absolute Gasteiger partial charge is 0.327 e. The molecule has 150 valence electrons. The number of nitrogens with one attached hydrogen (secondary N) is 4. The van der Waals surface area contributed by atoms with E-state index in [-0.39, 0.29) is 22.9 Å². The van der Waals surface area contributed by atoms with Crippen LogP contribution in [0.5, 0.6) is 0 Å². The van der Waals surface area contributed by atoms with Crippen LogP contribution in [0.3, 0.4) is 0 Å². The number of benzene rings is 1. The molecule has 29 heavy (non-hydrogen) atoms. The number of carbonyl (C=O) groups is 2. The number of fused-ring (bicyclic) bond motifs is 1. The lowest BCUT2D eigenvalue weighted by Gasteiger charge is -2.39. The molecule has 2 aliphatic rings. The molecule has 8 heteroatoms. The maximum Gasteiger partial charge on any atom is 0.327 e. The quantitative estimate of drug-likeness (QED) is 0.622. The highest BCUT2D eigenvalue weighted by atomic mass is 16.2. The number of ketones is 1. The molecule has 8 nitrogen and oxygen atoms in total. The summed E-state index contributed by atoms with van der Waals surface area (Å²) in [5.74, 6) is -0.440. The first-order valence-electron chi connectivity index (χ1n) is 9.42. The fourth-order valence-corrected chi connectivity index (χ4v) is 4.26. The normalized spacial score (nSPS) is 19.8. The second-order valence-corrected chi connectivity index (χ2v) is 8.40. The van der Waals surface area contributed by atoms with Gasteiger partial charge in [-0.25, -0.2) is 4.79 Å². The Kier molecular flexibility index (Phi) is 4.29. The lowest BCUT2D eigenvalue weighted by Crippen LogP contribution is -2.38. The molecule has 1 aromatic heterocycles. The van der Waals surface area contributed by atoms with Crippen LogP contribution in [0.1, 0.15) is 50.7 Å². The van der Waals surface area contributed by atoms with E-state index in [2.05, 4.69) is 20.6 Å². The van der Waals surface area contributed by atoms with Gasteiger partial charge in [0.05, 0.1) is 11.3 Å². The number of allylic oxidation sites excluding steroid dienone is 2. The van der Waals surface area contributed by atoms with Crippen LogP contribution in [-0.4, -0.2) is 21.7 Å². The summed E-state index contributed by atoms with van der Waals surface area (Å²) >= 11 is 0. The van der Waals surface area contributed by atoms with Crippen molar-refractivity contribution in [1.82, 2.24) is 9.97 Å². The van der Waals surface area contributed by atoms with Crippen LogP contribution in [0.25, 0.3) is 0 Å². The Balaban J connectivity index is 1.91. The van der Waals surface area contributed by atoms with Gasteiger partial charge in [0, 0.05) is 24.9 Å². The fraction of sp³-hybridized carbons (Fsp3) is 0.333. The minimum Gasteiger partial charge on any atom is -0.338 e.